The molecule has 6 heteroatoms. The molecule has 2 amide bonds. The van der Waals surface area contributed by atoms with E-state index in [1.54, 1.807) is 0 Å². The van der Waals surface area contributed by atoms with Crippen molar-refractivity contribution in [1.29, 1.82) is 0 Å². The lowest BCUT2D eigenvalue weighted by atomic mass is 10.1. The molecule has 0 aromatic carbocycles. The normalized spacial score (nSPS) is 16.0. The Morgan fingerprint density at radius 1 is 1.24 bits per heavy atom. The molecule has 1 fully saturated rings. The van der Waals surface area contributed by atoms with Gasteiger partial charge in [-0.25, -0.2) is 4.79 Å². The Morgan fingerprint density at radius 3 is 2.57 bits per heavy atom. The minimum atomic E-state index is -0.838. The van der Waals surface area contributed by atoms with E-state index in [4.69, 9.17) is 9.84 Å². The van der Waals surface area contributed by atoms with E-state index in [2.05, 4.69) is 12.2 Å². The van der Waals surface area contributed by atoms with Gasteiger partial charge in [-0.3, -0.25) is 4.79 Å². The highest BCUT2D eigenvalue weighted by molar-refractivity contribution is 5.74. The van der Waals surface area contributed by atoms with E-state index in [-0.39, 0.29) is 25.2 Å². The van der Waals surface area contributed by atoms with Crippen molar-refractivity contribution in [2.75, 3.05) is 26.2 Å². The largest absolute Gasteiger partial charge is 0.481 e. The maximum absolute atomic E-state index is 11.9. The second kappa shape index (κ2) is 10.4. The number of ether oxygens (including phenoxy) is 1. The second-order valence-electron chi connectivity index (χ2n) is 5.49. The molecule has 21 heavy (non-hydrogen) atoms. The first-order valence-electron chi connectivity index (χ1n) is 7.99. The predicted molar refractivity (Wildman–Crippen MR) is 80.3 cm³/mol. The molecule has 1 aliphatic heterocycles. The third-order valence-corrected chi connectivity index (χ3v) is 3.71. The summed E-state index contributed by atoms with van der Waals surface area (Å²) < 4.78 is 5.51. The van der Waals surface area contributed by atoms with Gasteiger partial charge in [-0.15, -0.1) is 0 Å². The summed E-state index contributed by atoms with van der Waals surface area (Å²) in [7, 11) is 0. The molecule has 1 aliphatic rings. The van der Waals surface area contributed by atoms with E-state index in [1.165, 1.54) is 12.8 Å². The minimum Gasteiger partial charge on any atom is -0.481 e. The van der Waals surface area contributed by atoms with Crippen LogP contribution in [0.5, 0.6) is 0 Å². The van der Waals surface area contributed by atoms with Crippen LogP contribution in [0.25, 0.3) is 0 Å². The molecule has 0 atom stereocenters. The first-order chi connectivity index (χ1) is 10.1. The molecule has 0 spiro atoms. The van der Waals surface area contributed by atoms with E-state index >= 15 is 0 Å². The lowest BCUT2D eigenvalue weighted by molar-refractivity contribution is -0.138. The van der Waals surface area contributed by atoms with Gasteiger partial charge in [-0.2, -0.15) is 0 Å². The van der Waals surface area contributed by atoms with E-state index in [0.29, 0.717) is 13.1 Å². The number of nitrogens with zero attached hydrogens (tertiary/aromatic N) is 1. The number of aliphatic carboxylic acids is 1. The number of urea groups is 1. The number of unbranched alkanes of at least 4 members (excludes halogenated alkanes) is 3. The summed E-state index contributed by atoms with van der Waals surface area (Å²) in [6.07, 6.45) is 6.30. The number of hydrogen-bond acceptors (Lipinski definition) is 3. The summed E-state index contributed by atoms with van der Waals surface area (Å²) >= 11 is 0. The Labute approximate surface area is 126 Å². The smallest absolute Gasteiger partial charge is 0.317 e. The van der Waals surface area contributed by atoms with Gasteiger partial charge >= 0.3 is 12.0 Å². The second-order valence-corrected chi connectivity index (χ2v) is 5.49. The number of carbonyl (C=O) groups excluding carboxylic acids is 1. The average Bonchev–Trinajstić information content (AvgIpc) is 2.47. The number of hydrogen-bond donors (Lipinski definition) is 2. The Kier molecular flexibility index (Phi) is 8.82. The summed E-state index contributed by atoms with van der Waals surface area (Å²) in [6, 6.07) is 0.00971. The predicted octanol–water partition coefficient (Wildman–Crippen LogP) is 2.23. The Balaban J connectivity index is 2.08. The molecule has 0 aliphatic carbocycles. The van der Waals surface area contributed by atoms with Crippen molar-refractivity contribution in [1.82, 2.24) is 10.2 Å². The van der Waals surface area contributed by atoms with Gasteiger partial charge in [0, 0.05) is 19.6 Å². The number of nitrogens with one attached hydrogen (secondary N) is 1. The van der Waals surface area contributed by atoms with Crippen molar-refractivity contribution in [2.24, 2.45) is 0 Å². The quantitative estimate of drug-likeness (QED) is 0.640. The van der Waals surface area contributed by atoms with Gasteiger partial charge in [-0.1, -0.05) is 26.2 Å². The van der Waals surface area contributed by atoms with Crippen LogP contribution in [0, 0.1) is 0 Å². The maximum atomic E-state index is 11.9. The van der Waals surface area contributed by atoms with Crippen molar-refractivity contribution in [3.63, 3.8) is 0 Å². The van der Waals surface area contributed by atoms with Crippen molar-refractivity contribution in [3.05, 3.63) is 0 Å². The van der Waals surface area contributed by atoms with E-state index in [0.717, 1.165) is 32.2 Å². The third-order valence-electron chi connectivity index (χ3n) is 3.71. The molecule has 122 valence electrons. The van der Waals surface area contributed by atoms with Crippen LogP contribution in [0.4, 0.5) is 4.79 Å². The topological polar surface area (TPSA) is 78.9 Å². The molecule has 0 unspecified atom stereocenters. The minimum absolute atomic E-state index is 0.00971. The van der Waals surface area contributed by atoms with Crippen LogP contribution in [0.3, 0.4) is 0 Å². The highest BCUT2D eigenvalue weighted by atomic mass is 16.5. The van der Waals surface area contributed by atoms with E-state index in [9.17, 15) is 9.59 Å². The maximum Gasteiger partial charge on any atom is 0.317 e. The molecule has 0 aromatic rings. The number of carboxylic acids is 1. The van der Waals surface area contributed by atoms with Crippen LogP contribution in [0.1, 0.15) is 51.9 Å². The highest BCUT2D eigenvalue weighted by Gasteiger charge is 2.22. The standard InChI is InChI=1S/C15H28N2O4/c1-2-3-4-5-9-16-15(20)17-10-6-13(7-11-17)21-12-8-14(18)19/h13H,2-12H2,1H3,(H,16,20)(H,18,19). The van der Waals surface area contributed by atoms with Crippen molar-refractivity contribution in [2.45, 2.75) is 58.0 Å². The summed E-state index contributed by atoms with van der Waals surface area (Å²) in [6.45, 7) is 4.52. The van der Waals surface area contributed by atoms with Crippen molar-refractivity contribution in [3.8, 4) is 0 Å². The number of carboxylic acid groups (broad SMARTS) is 1. The van der Waals surface area contributed by atoms with E-state index in [1.807, 2.05) is 4.90 Å². The summed E-state index contributed by atoms with van der Waals surface area (Å²) in [5, 5.41) is 11.5. The van der Waals surface area contributed by atoms with Crippen molar-refractivity contribution >= 4 is 12.0 Å². The average molecular weight is 300 g/mol. The number of likely N-dealkylation sites (tertiary alicyclic amines) is 1. The fourth-order valence-electron chi connectivity index (χ4n) is 2.40. The Morgan fingerprint density at radius 2 is 1.95 bits per heavy atom. The molecule has 0 saturated carbocycles. The molecule has 2 N–H and O–H groups in total. The first kappa shape index (κ1) is 17.8. The van der Waals surface area contributed by atoms with Crippen LogP contribution < -0.4 is 5.32 Å². The van der Waals surface area contributed by atoms with Gasteiger partial charge in [0.2, 0.25) is 0 Å². The number of piperidine rings is 1. The number of carbonyl (C=O) groups is 2. The fourth-order valence-corrected chi connectivity index (χ4v) is 2.40. The molecule has 0 bridgehead atoms. The van der Waals surface area contributed by atoms with Gasteiger partial charge < -0.3 is 20.1 Å². The fraction of sp³-hybridized carbons (Fsp3) is 0.867. The Bertz CT molecular complexity index is 315. The lowest BCUT2D eigenvalue weighted by Gasteiger charge is -2.31. The number of amides is 2. The molecule has 0 radical (unpaired) electrons. The highest BCUT2D eigenvalue weighted by Crippen LogP contribution is 2.14. The lowest BCUT2D eigenvalue weighted by Crippen LogP contribution is -2.46. The van der Waals surface area contributed by atoms with Crippen LogP contribution in [0.15, 0.2) is 0 Å². The first-order valence-corrected chi connectivity index (χ1v) is 7.99. The molecular formula is C15H28N2O4. The third kappa shape index (κ3) is 7.90. The molecule has 0 aromatic heterocycles. The van der Waals surface area contributed by atoms with Crippen LogP contribution in [-0.2, 0) is 9.53 Å². The van der Waals surface area contributed by atoms with Gasteiger partial charge in [0.05, 0.1) is 19.1 Å². The van der Waals surface area contributed by atoms with Gasteiger partial charge in [0.15, 0.2) is 0 Å². The summed E-state index contributed by atoms with van der Waals surface area (Å²) in [4.78, 5) is 24.2. The van der Waals surface area contributed by atoms with Gasteiger partial charge in [-0.05, 0) is 19.3 Å². The molecular weight excluding hydrogens is 272 g/mol. The van der Waals surface area contributed by atoms with Gasteiger partial charge in [0.25, 0.3) is 0 Å². The zero-order valence-corrected chi connectivity index (χ0v) is 13.0. The summed E-state index contributed by atoms with van der Waals surface area (Å²) in [5.74, 6) is -0.838. The SMILES string of the molecule is CCCCCCNC(=O)N1CCC(OCCC(=O)O)CC1. The van der Waals surface area contributed by atoms with Crippen LogP contribution in [-0.4, -0.2) is 54.4 Å². The number of rotatable bonds is 9. The monoisotopic (exact) mass is 300 g/mol. The van der Waals surface area contributed by atoms with E-state index < -0.39 is 5.97 Å². The van der Waals surface area contributed by atoms with Crippen molar-refractivity contribution < 1.29 is 19.4 Å². The zero-order chi connectivity index (χ0) is 15.5. The van der Waals surface area contributed by atoms with Crippen LogP contribution >= 0.6 is 0 Å². The summed E-state index contributed by atoms with van der Waals surface area (Å²) in [5.41, 5.74) is 0. The molecule has 1 saturated heterocycles. The molecule has 1 heterocycles. The van der Waals surface area contributed by atoms with Crippen LogP contribution in [0.2, 0.25) is 0 Å². The zero-order valence-electron chi connectivity index (χ0n) is 13.0. The Hall–Kier alpha value is -1.30. The molecule has 6 nitrogen and oxygen atoms in total. The van der Waals surface area contributed by atoms with Gasteiger partial charge in [0.1, 0.15) is 0 Å². The molecule has 1 rings (SSSR count).